The number of aliphatic imine (C=N–C) groups is 2. The van der Waals surface area contributed by atoms with Gasteiger partial charge in [-0.25, -0.2) is 9.98 Å². The van der Waals surface area contributed by atoms with Crippen LogP contribution in [0.3, 0.4) is 0 Å². The van der Waals surface area contributed by atoms with Gasteiger partial charge >= 0.3 is 6.01 Å². The van der Waals surface area contributed by atoms with Gasteiger partial charge in [-0.15, -0.1) is 0 Å². The summed E-state index contributed by atoms with van der Waals surface area (Å²) in [6.07, 6.45) is -0.378. The van der Waals surface area contributed by atoms with Gasteiger partial charge in [0.1, 0.15) is 17.5 Å². The van der Waals surface area contributed by atoms with Crippen LogP contribution in [-0.4, -0.2) is 25.8 Å². The molecule has 7 heteroatoms. The molecule has 0 spiro atoms. The van der Waals surface area contributed by atoms with Crippen molar-refractivity contribution in [2.75, 3.05) is 0 Å². The molecule has 4 heterocycles. The summed E-state index contributed by atoms with van der Waals surface area (Å²) in [6.45, 7) is 0. The lowest BCUT2D eigenvalue weighted by atomic mass is 10.0. The van der Waals surface area contributed by atoms with E-state index in [2.05, 4.69) is 148 Å². The highest BCUT2D eigenvalue weighted by molar-refractivity contribution is 6.14. The normalized spacial score (nSPS) is 14.3. The van der Waals surface area contributed by atoms with Gasteiger partial charge in [0.2, 0.25) is 0 Å². The Morgan fingerprint density at radius 2 is 1.02 bits per heavy atom. The number of oxazole rings is 1. The molecule has 1 aliphatic rings. The van der Waals surface area contributed by atoms with E-state index in [1.54, 1.807) is 0 Å². The highest BCUT2D eigenvalue weighted by Gasteiger charge is 2.23. The van der Waals surface area contributed by atoms with E-state index in [1.165, 1.54) is 21.8 Å². The maximum absolute atomic E-state index is 6.67. The summed E-state index contributed by atoms with van der Waals surface area (Å²) < 4.78 is 11.2. The number of rotatable bonds is 6. The smallest absolute Gasteiger partial charge is 0.307 e. The fourth-order valence-electron chi connectivity index (χ4n) is 8.64. The molecule has 59 heavy (non-hydrogen) atoms. The van der Waals surface area contributed by atoms with Gasteiger partial charge in [-0.05, 0) is 71.8 Å². The predicted octanol–water partition coefficient (Wildman–Crippen LogP) is 12.2. The zero-order valence-electron chi connectivity index (χ0n) is 31.7. The van der Waals surface area contributed by atoms with Crippen LogP contribution < -0.4 is 5.32 Å². The minimum Gasteiger partial charge on any atom is -0.423 e. The second-order valence-electron chi connectivity index (χ2n) is 14.9. The second-order valence-corrected chi connectivity index (χ2v) is 14.9. The Balaban J connectivity index is 0.944. The number of hydrogen-bond acceptors (Lipinski definition) is 5. The van der Waals surface area contributed by atoms with E-state index in [-0.39, 0.29) is 6.17 Å². The molecular weight excluding hydrogens is 725 g/mol. The van der Waals surface area contributed by atoms with Crippen molar-refractivity contribution in [3.8, 4) is 22.8 Å². The van der Waals surface area contributed by atoms with E-state index in [4.69, 9.17) is 19.4 Å². The fourth-order valence-corrected chi connectivity index (χ4v) is 8.64. The number of nitrogens with one attached hydrogen (secondary N) is 1. The number of aromatic nitrogens is 3. The third-order valence-corrected chi connectivity index (χ3v) is 11.4. The Hall–Kier alpha value is -8.03. The van der Waals surface area contributed by atoms with Crippen LogP contribution in [0.5, 0.6) is 0 Å². The summed E-state index contributed by atoms with van der Waals surface area (Å²) >= 11 is 0. The van der Waals surface area contributed by atoms with Crippen molar-refractivity contribution in [1.29, 1.82) is 0 Å². The van der Waals surface area contributed by atoms with E-state index in [0.717, 1.165) is 66.7 Å². The number of hydrogen-bond donors (Lipinski definition) is 1. The van der Waals surface area contributed by atoms with Crippen molar-refractivity contribution >= 4 is 66.4 Å². The van der Waals surface area contributed by atoms with Gasteiger partial charge in [-0.3, -0.25) is 4.57 Å². The molecule has 11 aromatic rings. The average molecular weight is 759 g/mol. The molecule has 3 aromatic heterocycles. The number of nitrogens with zero attached hydrogens (tertiary/aromatic N) is 5. The second kappa shape index (κ2) is 13.3. The number of fused-ring (bicyclic) bond motifs is 7. The molecule has 0 aliphatic carbocycles. The minimum absolute atomic E-state index is 0.378. The van der Waals surface area contributed by atoms with Crippen molar-refractivity contribution < 1.29 is 4.42 Å². The molecule has 1 N–H and O–H groups in total. The van der Waals surface area contributed by atoms with E-state index >= 15 is 0 Å². The number of amidine groups is 2. The van der Waals surface area contributed by atoms with Crippen LogP contribution >= 0.6 is 0 Å². The van der Waals surface area contributed by atoms with Crippen LogP contribution in [0.15, 0.2) is 209 Å². The van der Waals surface area contributed by atoms with Gasteiger partial charge in [-0.2, -0.15) is 4.98 Å². The molecule has 0 bridgehead atoms. The molecule has 0 radical (unpaired) electrons. The molecule has 1 atom stereocenters. The largest absolute Gasteiger partial charge is 0.423 e. The molecular formula is C52H34N6O. The summed E-state index contributed by atoms with van der Waals surface area (Å²) in [6, 6.07) is 68.2. The molecule has 0 fully saturated rings. The zero-order valence-corrected chi connectivity index (χ0v) is 31.7. The molecule has 12 rings (SSSR count). The lowest BCUT2D eigenvalue weighted by molar-refractivity contribution is 0.573. The third-order valence-electron chi connectivity index (χ3n) is 11.4. The summed E-state index contributed by atoms with van der Waals surface area (Å²) in [5.41, 5.74) is 12.3. The molecule has 7 nitrogen and oxygen atoms in total. The van der Waals surface area contributed by atoms with Crippen LogP contribution in [0.25, 0.3) is 77.5 Å². The Kier molecular flexibility index (Phi) is 7.46. The molecule has 278 valence electrons. The summed E-state index contributed by atoms with van der Waals surface area (Å²) in [5, 5.41) is 8.30. The van der Waals surface area contributed by atoms with Crippen LogP contribution in [0, 0.1) is 0 Å². The SMILES string of the molecule is c1ccc(C2=NC(c3ccc4nc(-n5c6ccccc6c6cc(-c7ccc8c(c7)c7ccccc7n8-c7ccccc7)ccc65)oc4c3)NC(c3ccccc3)=N2)cc1. The fraction of sp³-hybridized carbons (Fsp3) is 0.0192. The zero-order chi connectivity index (χ0) is 38.9. The van der Waals surface area contributed by atoms with Crippen LogP contribution in [-0.2, 0) is 0 Å². The predicted molar refractivity (Wildman–Crippen MR) is 240 cm³/mol. The first-order chi connectivity index (χ1) is 29.2. The Morgan fingerprint density at radius 3 is 1.69 bits per heavy atom. The maximum atomic E-state index is 6.67. The van der Waals surface area contributed by atoms with Crippen LogP contribution in [0.4, 0.5) is 0 Å². The summed E-state index contributed by atoms with van der Waals surface area (Å²) in [4.78, 5) is 15.1. The van der Waals surface area contributed by atoms with E-state index < -0.39 is 0 Å². The molecule has 0 saturated heterocycles. The van der Waals surface area contributed by atoms with Crippen molar-refractivity contribution in [1.82, 2.24) is 19.4 Å². The van der Waals surface area contributed by atoms with Gasteiger partial charge in [0, 0.05) is 43.9 Å². The van der Waals surface area contributed by atoms with Crippen molar-refractivity contribution in [2.45, 2.75) is 6.17 Å². The van der Waals surface area contributed by atoms with E-state index in [0.29, 0.717) is 17.4 Å². The lowest BCUT2D eigenvalue weighted by Crippen LogP contribution is -2.33. The van der Waals surface area contributed by atoms with Crippen molar-refractivity contribution in [2.24, 2.45) is 9.98 Å². The van der Waals surface area contributed by atoms with Gasteiger partial charge in [-0.1, -0.05) is 133 Å². The Morgan fingerprint density at radius 1 is 0.458 bits per heavy atom. The highest BCUT2D eigenvalue weighted by atomic mass is 16.4. The highest BCUT2D eigenvalue weighted by Crippen LogP contribution is 2.39. The minimum atomic E-state index is -0.378. The molecule has 1 aliphatic heterocycles. The Bertz CT molecular complexity index is 3470. The quantitative estimate of drug-likeness (QED) is 0.183. The van der Waals surface area contributed by atoms with Gasteiger partial charge < -0.3 is 14.3 Å². The first kappa shape index (κ1) is 33.1. The van der Waals surface area contributed by atoms with Gasteiger partial charge in [0.15, 0.2) is 11.4 Å². The summed E-state index contributed by atoms with van der Waals surface area (Å²) in [5.74, 6) is 1.45. The van der Waals surface area contributed by atoms with Crippen LogP contribution in [0.2, 0.25) is 0 Å². The van der Waals surface area contributed by atoms with Gasteiger partial charge in [0.05, 0.1) is 22.1 Å². The first-order valence-electron chi connectivity index (χ1n) is 19.8. The Labute approximate surface area is 338 Å². The molecule has 0 saturated carbocycles. The maximum Gasteiger partial charge on any atom is 0.307 e. The van der Waals surface area contributed by atoms with Gasteiger partial charge in [0.25, 0.3) is 0 Å². The first-order valence-corrected chi connectivity index (χ1v) is 19.8. The third kappa shape index (κ3) is 5.47. The average Bonchev–Trinajstić information content (AvgIpc) is 3.99. The number of para-hydroxylation sites is 3. The molecule has 8 aromatic carbocycles. The van der Waals surface area contributed by atoms with Crippen LogP contribution in [0.1, 0.15) is 22.9 Å². The van der Waals surface area contributed by atoms with Crippen molar-refractivity contribution in [3.05, 3.63) is 211 Å². The monoisotopic (exact) mass is 758 g/mol. The molecule has 0 amide bonds. The topological polar surface area (TPSA) is 72.6 Å². The van der Waals surface area contributed by atoms with Crippen molar-refractivity contribution in [3.63, 3.8) is 0 Å². The van der Waals surface area contributed by atoms with E-state index in [9.17, 15) is 0 Å². The number of benzene rings is 8. The summed E-state index contributed by atoms with van der Waals surface area (Å²) in [7, 11) is 0. The standard InChI is InChI=1S/C52H34N6O/c1-4-14-33(15-5-1)49-54-50(34-16-6-2-7-17-34)56-51(55-49)37-24-27-43-48(32-37)59-52(53-43)58-45-23-13-11-21-40(45)42-31-36(26-29-47(42)58)35-25-28-46-41(30-35)39-20-10-12-22-44(39)57(46)38-18-8-3-9-19-38/h1-32,51H,(H,54,55,56). The lowest BCUT2D eigenvalue weighted by Gasteiger charge is -2.23. The van der Waals surface area contributed by atoms with E-state index in [1.807, 2.05) is 60.7 Å². The molecule has 1 unspecified atom stereocenters.